The maximum Gasteiger partial charge on any atom is 0.337 e. The largest absolute Gasteiger partial charge is 0.478 e. The first-order valence-corrected chi connectivity index (χ1v) is 11.6. The molecule has 0 spiro atoms. The van der Waals surface area contributed by atoms with Crippen molar-refractivity contribution >= 4 is 27.4 Å². The number of aromatic carboxylic acids is 1. The highest BCUT2D eigenvalue weighted by Gasteiger charge is 2.24. The van der Waals surface area contributed by atoms with Crippen molar-refractivity contribution in [1.82, 2.24) is 4.90 Å². The molecule has 3 rings (SSSR count). The number of benzene rings is 2. The van der Waals surface area contributed by atoms with Crippen LogP contribution in [-0.2, 0) is 10.0 Å². The molecule has 2 aromatic carbocycles. The summed E-state index contributed by atoms with van der Waals surface area (Å²) in [4.78, 5) is 16.5. The molecule has 1 fully saturated rings. The standard InChI is InChI=1S/C22H29N3O4S/c1-5-24-8-10-25(11-9-24)18-6-7-20(19(14-18)22(26)27)23-30(28,29)21-16(3)12-15(2)13-17(21)4/h6-7,12-14,23H,5,8-11H2,1-4H3,(H,26,27). The molecular formula is C22H29N3O4S. The van der Waals surface area contributed by atoms with Crippen LogP contribution in [0.15, 0.2) is 35.2 Å². The van der Waals surface area contributed by atoms with Crippen LogP contribution in [0.3, 0.4) is 0 Å². The highest BCUT2D eigenvalue weighted by atomic mass is 32.2. The molecule has 8 heteroatoms. The Balaban J connectivity index is 1.92. The molecule has 0 aromatic heterocycles. The molecule has 1 saturated heterocycles. The number of hydrogen-bond donors (Lipinski definition) is 2. The van der Waals surface area contributed by atoms with Gasteiger partial charge < -0.3 is 14.9 Å². The summed E-state index contributed by atoms with van der Waals surface area (Å²) in [5.41, 5.74) is 3.02. The van der Waals surface area contributed by atoms with Gasteiger partial charge in [0, 0.05) is 31.9 Å². The van der Waals surface area contributed by atoms with Crippen molar-refractivity contribution in [2.45, 2.75) is 32.6 Å². The van der Waals surface area contributed by atoms with Gasteiger partial charge in [0.15, 0.2) is 0 Å². The van der Waals surface area contributed by atoms with Crippen LogP contribution in [0.5, 0.6) is 0 Å². The van der Waals surface area contributed by atoms with Gasteiger partial charge in [-0.3, -0.25) is 4.72 Å². The van der Waals surface area contributed by atoms with E-state index < -0.39 is 16.0 Å². The lowest BCUT2D eigenvalue weighted by molar-refractivity contribution is 0.0698. The molecule has 7 nitrogen and oxygen atoms in total. The number of aryl methyl sites for hydroxylation is 3. The molecule has 1 aliphatic rings. The Labute approximate surface area is 178 Å². The van der Waals surface area contributed by atoms with Gasteiger partial charge in [-0.05, 0) is 56.6 Å². The van der Waals surface area contributed by atoms with Crippen molar-refractivity contribution in [3.8, 4) is 0 Å². The molecule has 0 saturated carbocycles. The minimum atomic E-state index is -3.93. The van der Waals surface area contributed by atoms with Crippen LogP contribution in [-0.4, -0.2) is 57.1 Å². The summed E-state index contributed by atoms with van der Waals surface area (Å²) in [6, 6.07) is 8.48. The average Bonchev–Trinajstić information content (AvgIpc) is 2.66. The highest BCUT2D eigenvalue weighted by Crippen LogP contribution is 2.29. The number of likely N-dealkylation sites (N-methyl/N-ethyl adjacent to an activating group) is 1. The number of anilines is 2. The molecule has 0 atom stereocenters. The molecule has 2 N–H and O–H groups in total. The summed E-state index contributed by atoms with van der Waals surface area (Å²) in [7, 11) is -3.93. The van der Waals surface area contributed by atoms with E-state index in [1.807, 2.05) is 6.92 Å². The summed E-state index contributed by atoms with van der Waals surface area (Å²) in [5, 5.41) is 9.72. The van der Waals surface area contributed by atoms with Gasteiger partial charge in [-0.1, -0.05) is 24.6 Å². The molecule has 2 aromatic rings. The van der Waals surface area contributed by atoms with Gasteiger partial charge in [-0.15, -0.1) is 0 Å². The van der Waals surface area contributed by atoms with Crippen LogP contribution < -0.4 is 9.62 Å². The lowest BCUT2D eigenvalue weighted by Crippen LogP contribution is -2.46. The van der Waals surface area contributed by atoms with E-state index in [-0.39, 0.29) is 16.1 Å². The van der Waals surface area contributed by atoms with Gasteiger partial charge in [-0.25, -0.2) is 13.2 Å². The van der Waals surface area contributed by atoms with E-state index in [2.05, 4.69) is 21.4 Å². The molecule has 1 heterocycles. The van der Waals surface area contributed by atoms with Gasteiger partial charge >= 0.3 is 5.97 Å². The number of carboxylic acids is 1. The minimum absolute atomic E-state index is 0.0589. The molecule has 1 aliphatic heterocycles. The second kappa shape index (κ2) is 8.65. The van der Waals surface area contributed by atoms with E-state index >= 15 is 0 Å². The van der Waals surface area contributed by atoms with Crippen molar-refractivity contribution in [1.29, 1.82) is 0 Å². The first-order chi connectivity index (χ1) is 14.1. The maximum atomic E-state index is 13.1. The van der Waals surface area contributed by atoms with Gasteiger partial charge in [0.25, 0.3) is 10.0 Å². The Morgan fingerprint density at radius 1 is 1.03 bits per heavy atom. The van der Waals surface area contributed by atoms with E-state index in [4.69, 9.17) is 0 Å². The summed E-state index contributed by atoms with van der Waals surface area (Å²) in [5.74, 6) is -1.17. The van der Waals surface area contributed by atoms with E-state index in [0.717, 1.165) is 44.0 Å². The summed E-state index contributed by atoms with van der Waals surface area (Å²) in [6.07, 6.45) is 0. The normalized spacial score (nSPS) is 15.3. The maximum absolute atomic E-state index is 13.1. The summed E-state index contributed by atoms with van der Waals surface area (Å²) in [6.45, 7) is 11.9. The zero-order valence-corrected chi connectivity index (χ0v) is 18.7. The molecule has 0 aliphatic carbocycles. The van der Waals surface area contributed by atoms with E-state index in [1.54, 1.807) is 44.2 Å². The average molecular weight is 432 g/mol. The molecule has 0 bridgehead atoms. The second-order valence-corrected chi connectivity index (χ2v) is 9.41. The fourth-order valence-electron chi connectivity index (χ4n) is 4.10. The Morgan fingerprint density at radius 3 is 2.17 bits per heavy atom. The number of nitrogens with zero attached hydrogens (tertiary/aromatic N) is 2. The number of rotatable bonds is 6. The minimum Gasteiger partial charge on any atom is -0.478 e. The molecule has 0 unspecified atom stereocenters. The van der Waals surface area contributed by atoms with Crippen LogP contribution >= 0.6 is 0 Å². The molecule has 162 valence electrons. The van der Waals surface area contributed by atoms with Crippen LogP contribution in [0.1, 0.15) is 34.0 Å². The predicted molar refractivity (Wildman–Crippen MR) is 119 cm³/mol. The van der Waals surface area contributed by atoms with Crippen molar-refractivity contribution in [2.24, 2.45) is 0 Å². The SMILES string of the molecule is CCN1CCN(c2ccc(NS(=O)(=O)c3c(C)cc(C)cc3C)c(C(=O)O)c2)CC1. The Hall–Kier alpha value is -2.58. The molecular weight excluding hydrogens is 402 g/mol. The van der Waals surface area contributed by atoms with Crippen molar-refractivity contribution < 1.29 is 18.3 Å². The fraction of sp³-hybridized carbons (Fsp3) is 0.409. The van der Waals surface area contributed by atoms with Gasteiger partial charge in [0.1, 0.15) is 0 Å². The first kappa shape index (κ1) is 22.1. The first-order valence-electron chi connectivity index (χ1n) is 10.1. The second-order valence-electron chi connectivity index (χ2n) is 7.79. The van der Waals surface area contributed by atoms with Crippen molar-refractivity contribution in [3.63, 3.8) is 0 Å². The van der Waals surface area contributed by atoms with Crippen molar-refractivity contribution in [2.75, 3.05) is 42.3 Å². The topological polar surface area (TPSA) is 90.0 Å². The van der Waals surface area contributed by atoms with Crippen LogP contribution in [0.4, 0.5) is 11.4 Å². The molecule has 0 amide bonds. The Morgan fingerprint density at radius 2 is 1.63 bits per heavy atom. The van der Waals surface area contributed by atoms with Crippen LogP contribution in [0.25, 0.3) is 0 Å². The van der Waals surface area contributed by atoms with Gasteiger partial charge in [-0.2, -0.15) is 0 Å². The van der Waals surface area contributed by atoms with Gasteiger partial charge in [0.05, 0.1) is 16.1 Å². The third-order valence-corrected chi connectivity index (χ3v) is 7.21. The highest BCUT2D eigenvalue weighted by molar-refractivity contribution is 7.92. The van der Waals surface area contributed by atoms with Crippen LogP contribution in [0.2, 0.25) is 0 Å². The zero-order valence-electron chi connectivity index (χ0n) is 17.9. The third kappa shape index (κ3) is 4.60. The lowest BCUT2D eigenvalue weighted by atomic mass is 10.1. The predicted octanol–water partition coefficient (Wildman–Crippen LogP) is 3.25. The summed E-state index contributed by atoms with van der Waals surface area (Å²) >= 11 is 0. The smallest absolute Gasteiger partial charge is 0.337 e. The van der Waals surface area contributed by atoms with E-state index in [9.17, 15) is 18.3 Å². The number of hydrogen-bond acceptors (Lipinski definition) is 5. The Bertz CT molecular complexity index is 1040. The van der Waals surface area contributed by atoms with E-state index in [0.29, 0.717) is 11.1 Å². The summed E-state index contributed by atoms with van der Waals surface area (Å²) < 4.78 is 28.6. The Kier molecular flexibility index (Phi) is 6.38. The zero-order chi connectivity index (χ0) is 22.1. The molecule has 0 radical (unpaired) electrons. The number of carboxylic acid groups (broad SMARTS) is 1. The van der Waals surface area contributed by atoms with Crippen LogP contribution in [0, 0.1) is 20.8 Å². The molecule has 30 heavy (non-hydrogen) atoms. The number of carbonyl (C=O) groups is 1. The fourth-order valence-corrected chi connectivity index (χ4v) is 5.64. The van der Waals surface area contributed by atoms with Crippen molar-refractivity contribution in [3.05, 3.63) is 52.6 Å². The number of nitrogens with one attached hydrogen (secondary N) is 1. The number of piperazine rings is 1. The third-order valence-electron chi connectivity index (χ3n) is 5.54. The van der Waals surface area contributed by atoms with E-state index in [1.165, 1.54) is 0 Å². The quantitative estimate of drug-likeness (QED) is 0.730. The van der Waals surface area contributed by atoms with Gasteiger partial charge in [0.2, 0.25) is 0 Å². The number of sulfonamides is 1. The lowest BCUT2D eigenvalue weighted by Gasteiger charge is -2.35. The monoisotopic (exact) mass is 431 g/mol.